The lowest BCUT2D eigenvalue weighted by molar-refractivity contribution is 0.269. The Morgan fingerprint density at radius 1 is 0.925 bits per heavy atom. The second kappa shape index (κ2) is 12.0. The van der Waals surface area contributed by atoms with E-state index in [1.165, 1.54) is 12.1 Å². The number of fused-ring (bicyclic) bond motifs is 1. The molecule has 0 amide bonds. The molecule has 4 aromatic rings. The number of halogens is 1. The normalized spacial score (nSPS) is 12.7. The van der Waals surface area contributed by atoms with Gasteiger partial charge in [-0.1, -0.05) is 39.0 Å². The third kappa shape index (κ3) is 6.65. The molecule has 0 bridgehead atoms. The van der Waals surface area contributed by atoms with Gasteiger partial charge in [-0.05, 0) is 71.7 Å². The zero-order valence-electron chi connectivity index (χ0n) is 25.0. The zero-order valence-corrected chi connectivity index (χ0v) is 26.0. The molecule has 0 aliphatic heterocycles. The van der Waals surface area contributed by atoms with E-state index in [0.717, 1.165) is 50.5 Å². The van der Waals surface area contributed by atoms with Crippen molar-refractivity contribution in [2.45, 2.75) is 58.5 Å². The average molecular weight is 561 g/mol. The van der Waals surface area contributed by atoms with Gasteiger partial charge in [-0.25, -0.2) is 4.39 Å². The first kappa shape index (κ1) is 29.6. The summed E-state index contributed by atoms with van der Waals surface area (Å²) < 4.78 is 33.3. The molecule has 0 atom stereocenters. The molecule has 7 heteroatoms. The predicted molar refractivity (Wildman–Crippen MR) is 165 cm³/mol. The molecule has 1 aromatic heterocycles. The van der Waals surface area contributed by atoms with E-state index >= 15 is 0 Å². The minimum Gasteiger partial charge on any atom is -0.497 e. The number of aryl methyl sites for hydroxylation is 1. The van der Waals surface area contributed by atoms with E-state index < -0.39 is 8.32 Å². The second-order valence-corrected chi connectivity index (χ2v) is 16.6. The largest absolute Gasteiger partial charge is 0.497 e. The lowest BCUT2D eigenvalue weighted by Gasteiger charge is -2.36. The van der Waals surface area contributed by atoms with Crippen LogP contribution < -0.4 is 9.47 Å². The van der Waals surface area contributed by atoms with Crippen molar-refractivity contribution in [1.29, 1.82) is 0 Å². The smallest absolute Gasteiger partial charge is 0.192 e. The van der Waals surface area contributed by atoms with Crippen LogP contribution in [0.15, 0.2) is 71.7 Å². The first-order valence-electron chi connectivity index (χ1n) is 13.6. The topological polar surface area (TPSA) is 45.0 Å². The van der Waals surface area contributed by atoms with Crippen LogP contribution in [0.5, 0.6) is 11.5 Å². The van der Waals surface area contributed by atoms with Gasteiger partial charge in [0, 0.05) is 47.4 Å². The van der Waals surface area contributed by atoms with Crippen LogP contribution >= 0.6 is 0 Å². The molecule has 1 heterocycles. The molecule has 212 valence electrons. The first-order chi connectivity index (χ1) is 18.9. The van der Waals surface area contributed by atoms with Crippen molar-refractivity contribution in [2.75, 3.05) is 14.2 Å². The van der Waals surface area contributed by atoms with Gasteiger partial charge >= 0.3 is 0 Å². The number of nitrogens with zero attached hydrogens (tertiary/aromatic N) is 2. The molecule has 0 saturated carbocycles. The van der Waals surface area contributed by atoms with Crippen molar-refractivity contribution in [3.63, 3.8) is 0 Å². The maximum absolute atomic E-state index is 13.6. The van der Waals surface area contributed by atoms with E-state index in [-0.39, 0.29) is 10.9 Å². The van der Waals surface area contributed by atoms with Crippen LogP contribution in [0.2, 0.25) is 18.1 Å². The van der Waals surface area contributed by atoms with Gasteiger partial charge in [-0.15, -0.1) is 0 Å². The number of methoxy groups -OCH3 is 2. The van der Waals surface area contributed by atoms with E-state index in [1.807, 2.05) is 30.3 Å². The van der Waals surface area contributed by atoms with Crippen LogP contribution in [0, 0.1) is 5.82 Å². The van der Waals surface area contributed by atoms with E-state index in [2.05, 4.69) is 69.7 Å². The van der Waals surface area contributed by atoms with Gasteiger partial charge < -0.3 is 18.5 Å². The van der Waals surface area contributed by atoms with Crippen molar-refractivity contribution in [1.82, 2.24) is 4.57 Å². The van der Waals surface area contributed by atoms with E-state index in [1.54, 1.807) is 14.2 Å². The summed E-state index contributed by atoms with van der Waals surface area (Å²) in [5.41, 5.74) is 6.22. The number of aliphatic imine (C=N–C) groups is 1. The predicted octanol–water partition coefficient (Wildman–Crippen LogP) is 8.09. The van der Waals surface area contributed by atoms with Gasteiger partial charge in [0.05, 0.1) is 27.4 Å². The number of hydrogen-bond acceptors (Lipinski definition) is 4. The van der Waals surface area contributed by atoms with Gasteiger partial charge in [-0.3, -0.25) is 4.99 Å². The minimum atomic E-state index is -1.87. The highest BCUT2D eigenvalue weighted by Gasteiger charge is 2.37. The number of ether oxygens (including phenoxy) is 2. The van der Waals surface area contributed by atoms with Crippen LogP contribution in [0.3, 0.4) is 0 Å². The standard InChI is InChI=1S/C33H41FN2O3Si/c1-33(2,3)40(7,8)39-22-28-19-26-18-24(12-16-31(26)36(28)4)30(17-23-9-13-27(34)14-10-23)35-21-25-11-15-29(37-5)20-32(25)38-6/h9-16,18-20H,17,21-22H2,1-8H3/b35-30-. The van der Waals surface area contributed by atoms with Crippen LogP contribution in [-0.4, -0.2) is 32.8 Å². The fourth-order valence-corrected chi connectivity index (χ4v) is 5.35. The lowest BCUT2D eigenvalue weighted by Crippen LogP contribution is -2.40. The molecule has 40 heavy (non-hydrogen) atoms. The Labute approximate surface area is 238 Å². The molecule has 0 fully saturated rings. The molecule has 0 unspecified atom stereocenters. The van der Waals surface area contributed by atoms with Crippen molar-refractivity contribution in [2.24, 2.45) is 12.0 Å². The molecule has 0 aliphatic carbocycles. The summed E-state index contributed by atoms with van der Waals surface area (Å²) in [7, 11) is 3.51. The molecule has 4 rings (SSSR count). The molecular formula is C33H41FN2O3Si. The van der Waals surface area contributed by atoms with Crippen molar-refractivity contribution in [3.8, 4) is 11.5 Å². The quantitative estimate of drug-likeness (QED) is 0.145. The van der Waals surface area contributed by atoms with Crippen LogP contribution in [0.1, 0.15) is 43.2 Å². The van der Waals surface area contributed by atoms with Crippen molar-refractivity contribution >= 4 is 24.9 Å². The van der Waals surface area contributed by atoms with E-state index in [0.29, 0.717) is 19.6 Å². The van der Waals surface area contributed by atoms with E-state index in [9.17, 15) is 4.39 Å². The van der Waals surface area contributed by atoms with Gasteiger partial charge in [0.15, 0.2) is 8.32 Å². The molecule has 0 N–H and O–H groups in total. The fraction of sp³-hybridized carbons (Fsp3) is 0.364. The van der Waals surface area contributed by atoms with Gasteiger partial charge in [0.1, 0.15) is 17.3 Å². The van der Waals surface area contributed by atoms with Crippen LogP contribution in [-0.2, 0) is 31.0 Å². The maximum Gasteiger partial charge on any atom is 0.192 e. The number of aromatic nitrogens is 1. The third-order valence-electron chi connectivity index (χ3n) is 8.08. The molecule has 5 nitrogen and oxygen atoms in total. The number of rotatable bonds is 10. The van der Waals surface area contributed by atoms with Crippen molar-refractivity contribution < 1.29 is 18.3 Å². The molecule has 0 aliphatic rings. The van der Waals surface area contributed by atoms with Crippen LogP contribution in [0.25, 0.3) is 10.9 Å². The Morgan fingerprint density at radius 2 is 1.65 bits per heavy atom. The van der Waals surface area contributed by atoms with Gasteiger partial charge in [0.25, 0.3) is 0 Å². The Balaban J connectivity index is 1.68. The Kier molecular flexibility index (Phi) is 8.85. The molecule has 0 radical (unpaired) electrons. The van der Waals surface area contributed by atoms with Crippen molar-refractivity contribution in [3.05, 3.63) is 94.9 Å². The van der Waals surface area contributed by atoms with Gasteiger partial charge in [0.2, 0.25) is 0 Å². The Morgan fingerprint density at radius 3 is 2.30 bits per heavy atom. The zero-order chi connectivity index (χ0) is 29.1. The molecule has 3 aromatic carbocycles. The summed E-state index contributed by atoms with van der Waals surface area (Å²) >= 11 is 0. The summed E-state index contributed by atoms with van der Waals surface area (Å²) in [5.74, 6) is 1.22. The number of hydrogen-bond donors (Lipinski definition) is 0. The molecule has 0 saturated heterocycles. The third-order valence-corrected chi connectivity index (χ3v) is 12.6. The summed E-state index contributed by atoms with van der Waals surface area (Å²) in [6.07, 6.45) is 0.582. The fourth-order valence-electron chi connectivity index (χ4n) is 4.40. The highest BCUT2D eigenvalue weighted by atomic mass is 28.4. The lowest BCUT2D eigenvalue weighted by atomic mass is 10.0. The molecular weight excluding hydrogens is 519 g/mol. The van der Waals surface area contributed by atoms with Crippen LogP contribution in [0.4, 0.5) is 4.39 Å². The first-order valence-corrected chi connectivity index (χ1v) is 16.5. The Bertz CT molecular complexity index is 1500. The second-order valence-electron chi connectivity index (χ2n) is 11.8. The highest BCUT2D eigenvalue weighted by Crippen LogP contribution is 2.37. The maximum atomic E-state index is 13.6. The summed E-state index contributed by atoms with van der Waals surface area (Å²) in [6.45, 7) is 12.4. The minimum absolute atomic E-state index is 0.156. The summed E-state index contributed by atoms with van der Waals surface area (Å²) in [5, 5.41) is 1.30. The molecule has 0 spiro atoms. The number of benzene rings is 3. The van der Waals surface area contributed by atoms with E-state index in [4.69, 9.17) is 18.9 Å². The average Bonchev–Trinajstić information content (AvgIpc) is 3.24. The summed E-state index contributed by atoms with van der Waals surface area (Å²) in [4.78, 5) is 5.05. The van der Waals surface area contributed by atoms with Gasteiger partial charge in [-0.2, -0.15) is 0 Å². The SMILES string of the molecule is COc1ccc(C/N=C(/Cc2ccc(F)cc2)c2ccc3c(c2)cc(CO[Si](C)(C)C(C)(C)C)n3C)c(OC)c1. The monoisotopic (exact) mass is 560 g/mol. The highest BCUT2D eigenvalue weighted by molar-refractivity contribution is 6.74. The summed E-state index contributed by atoms with van der Waals surface area (Å²) in [6, 6.07) is 21.1. The Hall–Kier alpha value is -3.42.